The molecular weight excluding hydrogens is 230 g/mol. The highest BCUT2D eigenvalue weighted by Crippen LogP contribution is 2.16. The van der Waals surface area contributed by atoms with E-state index in [2.05, 4.69) is 29.8 Å². The summed E-state index contributed by atoms with van der Waals surface area (Å²) < 4.78 is 0. The van der Waals surface area contributed by atoms with Gasteiger partial charge in [-0.1, -0.05) is 24.3 Å². The van der Waals surface area contributed by atoms with E-state index in [9.17, 15) is 5.11 Å². The molecule has 0 saturated heterocycles. The van der Waals surface area contributed by atoms with Crippen molar-refractivity contribution in [3.05, 3.63) is 52.2 Å². The minimum Gasteiger partial charge on any atom is -0.508 e. The summed E-state index contributed by atoms with van der Waals surface area (Å²) in [5, 5.41) is 15.2. The highest BCUT2D eigenvalue weighted by Gasteiger charge is 2.05. The number of benzene rings is 1. The fourth-order valence-electron chi connectivity index (χ4n) is 1.75. The van der Waals surface area contributed by atoms with E-state index in [1.807, 2.05) is 18.2 Å². The van der Waals surface area contributed by atoms with Gasteiger partial charge >= 0.3 is 0 Å². The molecule has 17 heavy (non-hydrogen) atoms. The first-order valence-electron chi connectivity index (χ1n) is 5.78. The van der Waals surface area contributed by atoms with Gasteiger partial charge < -0.3 is 10.4 Å². The maximum atomic E-state index is 9.64. The highest BCUT2D eigenvalue weighted by atomic mass is 32.1. The SMILES string of the molecule is C[C@H](Cc1cccs1)NCc1ccccc1O. The molecule has 0 radical (unpaired) electrons. The smallest absolute Gasteiger partial charge is 0.120 e. The lowest BCUT2D eigenvalue weighted by atomic mass is 10.1. The topological polar surface area (TPSA) is 32.3 Å². The van der Waals surface area contributed by atoms with Gasteiger partial charge in [0, 0.05) is 23.0 Å². The van der Waals surface area contributed by atoms with E-state index in [0.717, 1.165) is 12.0 Å². The highest BCUT2D eigenvalue weighted by molar-refractivity contribution is 7.09. The first kappa shape index (κ1) is 12.1. The van der Waals surface area contributed by atoms with Crippen LogP contribution in [-0.4, -0.2) is 11.1 Å². The first-order valence-corrected chi connectivity index (χ1v) is 6.66. The van der Waals surface area contributed by atoms with Gasteiger partial charge in [0.15, 0.2) is 0 Å². The molecule has 0 unspecified atom stereocenters. The minimum atomic E-state index is 0.364. The summed E-state index contributed by atoms with van der Waals surface area (Å²) in [5.74, 6) is 0.364. The maximum Gasteiger partial charge on any atom is 0.120 e. The van der Waals surface area contributed by atoms with Crippen molar-refractivity contribution in [2.75, 3.05) is 0 Å². The molecule has 0 aliphatic rings. The second kappa shape index (κ2) is 5.84. The molecule has 2 rings (SSSR count). The molecule has 0 amide bonds. The lowest BCUT2D eigenvalue weighted by molar-refractivity contribution is 0.459. The second-order valence-corrected chi connectivity index (χ2v) is 5.23. The molecule has 1 heterocycles. The Morgan fingerprint density at radius 1 is 1.24 bits per heavy atom. The molecule has 2 nitrogen and oxygen atoms in total. The number of rotatable bonds is 5. The lowest BCUT2D eigenvalue weighted by Gasteiger charge is -2.13. The van der Waals surface area contributed by atoms with Crippen LogP contribution < -0.4 is 5.32 Å². The Morgan fingerprint density at radius 2 is 2.06 bits per heavy atom. The summed E-state index contributed by atoms with van der Waals surface area (Å²) in [4.78, 5) is 1.39. The Kier molecular flexibility index (Phi) is 4.18. The number of hydrogen-bond acceptors (Lipinski definition) is 3. The van der Waals surface area contributed by atoms with Crippen molar-refractivity contribution in [2.24, 2.45) is 0 Å². The Bertz CT molecular complexity index is 453. The summed E-state index contributed by atoms with van der Waals surface area (Å²) >= 11 is 1.79. The van der Waals surface area contributed by atoms with Gasteiger partial charge in [-0.25, -0.2) is 0 Å². The molecule has 2 N–H and O–H groups in total. The van der Waals surface area contributed by atoms with Crippen LogP contribution in [0, 0.1) is 0 Å². The monoisotopic (exact) mass is 247 g/mol. The van der Waals surface area contributed by atoms with Gasteiger partial charge in [0.05, 0.1) is 0 Å². The van der Waals surface area contributed by atoms with E-state index in [-0.39, 0.29) is 0 Å². The fourth-order valence-corrected chi connectivity index (χ4v) is 2.58. The second-order valence-electron chi connectivity index (χ2n) is 4.19. The predicted molar refractivity (Wildman–Crippen MR) is 72.4 cm³/mol. The third-order valence-corrected chi connectivity index (χ3v) is 3.62. The van der Waals surface area contributed by atoms with Gasteiger partial charge in [0.25, 0.3) is 0 Å². The normalized spacial score (nSPS) is 12.5. The molecule has 1 aromatic carbocycles. The Hall–Kier alpha value is -1.32. The van der Waals surface area contributed by atoms with E-state index < -0.39 is 0 Å². The van der Waals surface area contributed by atoms with Crippen LogP contribution >= 0.6 is 11.3 Å². The van der Waals surface area contributed by atoms with Crippen LogP contribution in [0.3, 0.4) is 0 Å². The zero-order valence-electron chi connectivity index (χ0n) is 9.89. The average Bonchev–Trinajstić information content (AvgIpc) is 2.81. The summed E-state index contributed by atoms with van der Waals surface area (Å²) in [5.41, 5.74) is 0.950. The van der Waals surface area contributed by atoms with Crippen molar-refractivity contribution in [3.63, 3.8) is 0 Å². The van der Waals surface area contributed by atoms with Crippen LogP contribution in [-0.2, 0) is 13.0 Å². The largest absolute Gasteiger partial charge is 0.508 e. The van der Waals surface area contributed by atoms with Crippen molar-refractivity contribution in [1.82, 2.24) is 5.32 Å². The van der Waals surface area contributed by atoms with Crippen LogP contribution in [0.25, 0.3) is 0 Å². The molecule has 1 atom stereocenters. The number of phenols is 1. The Morgan fingerprint density at radius 3 is 2.76 bits per heavy atom. The number of hydrogen-bond donors (Lipinski definition) is 2. The van der Waals surface area contributed by atoms with Crippen LogP contribution in [0.2, 0.25) is 0 Å². The van der Waals surface area contributed by atoms with Crippen LogP contribution in [0.4, 0.5) is 0 Å². The van der Waals surface area contributed by atoms with Gasteiger partial charge in [-0.3, -0.25) is 0 Å². The van der Waals surface area contributed by atoms with Crippen molar-refractivity contribution in [3.8, 4) is 5.75 Å². The third-order valence-electron chi connectivity index (χ3n) is 2.72. The number of thiophene rings is 1. The van der Waals surface area contributed by atoms with Gasteiger partial charge in [0.2, 0.25) is 0 Å². The average molecular weight is 247 g/mol. The molecule has 0 bridgehead atoms. The van der Waals surface area contributed by atoms with Crippen molar-refractivity contribution < 1.29 is 5.11 Å². The summed E-state index contributed by atoms with van der Waals surface area (Å²) in [6.45, 7) is 2.87. The fraction of sp³-hybridized carbons (Fsp3) is 0.286. The molecule has 1 aromatic heterocycles. The predicted octanol–water partition coefficient (Wildman–Crippen LogP) is 3.17. The molecule has 0 aliphatic heterocycles. The van der Waals surface area contributed by atoms with Crippen molar-refractivity contribution >= 4 is 11.3 Å². The van der Waals surface area contributed by atoms with Crippen molar-refractivity contribution in [1.29, 1.82) is 0 Å². The zero-order chi connectivity index (χ0) is 12.1. The summed E-state index contributed by atoms with van der Waals surface area (Å²) in [7, 11) is 0. The standard InChI is InChI=1S/C14H17NOS/c1-11(9-13-6-4-8-17-13)15-10-12-5-2-3-7-14(12)16/h2-8,11,15-16H,9-10H2,1H3/t11-/m1/s1. The van der Waals surface area contributed by atoms with Gasteiger partial charge in [-0.2, -0.15) is 0 Å². The minimum absolute atomic E-state index is 0.364. The quantitative estimate of drug-likeness (QED) is 0.850. The molecule has 0 aliphatic carbocycles. The molecule has 3 heteroatoms. The molecule has 0 saturated carbocycles. The van der Waals surface area contributed by atoms with E-state index in [1.165, 1.54) is 4.88 Å². The summed E-state index contributed by atoms with van der Waals surface area (Å²) in [6, 6.07) is 12.1. The maximum absolute atomic E-state index is 9.64. The van der Waals surface area contributed by atoms with Gasteiger partial charge in [-0.15, -0.1) is 11.3 Å². The van der Waals surface area contributed by atoms with E-state index in [0.29, 0.717) is 18.3 Å². The van der Waals surface area contributed by atoms with Gasteiger partial charge in [-0.05, 0) is 30.9 Å². The van der Waals surface area contributed by atoms with Crippen LogP contribution in [0.5, 0.6) is 5.75 Å². The van der Waals surface area contributed by atoms with E-state index >= 15 is 0 Å². The van der Waals surface area contributed by atoms with E-state index in [1.54, 1.807) is 17.4 Å². The number of para-hydroxylation sites is 1. The summed E-state index contributed by atoms with van der Waals surface area (Å²) in [6.07, 6.45) is 1.03. The molecule has 2 aromatic rings. The lowest BCUT2D eigenvalue weighted by Crippen LogP contribution is -2.27. The first-order chi connectivity index (χ1) is 8.25. The Labute approximate surface area is 106 Å². The van der Waals surface area contributed by atoms with Crippen molar-refractivity contribution in [2.45, 2.75) is 25.9 Å². The number of aromatic hydroxyl groups is 1. The molecular formula is C14H17NOS. The van der Waals surface area contributed by atoms with Gasteiger partial charge in [0.1, 0.15) is 5.75 Å². The Balaban J connectivity index is 1.84. The van der Waals surface area contributed by atoms with Crippen LogP contribution in [0.1, 0.15) is 17.4 Å². The molecule has 0 fully saturated rings. The molecule has 90 valence electrons. The molecule has 0 spiro atoms. The number of nitrogens with one attached hydrogen (secondary N) is 1. The van der Waals surface area contributed by atoms with Crippen LogP contribution in [0.15, 0.2) is 41.8 Å². The number of phenolic OH excluding ortho intramolecular Hbond substituents is 1. The zero-order valence-corrected chi connectivity index (χ0v) is 10.7. The van der Waals surface area contributed by atoms with E-state index in [4.69, 9.17) is 0 Å². The third kappa shape index (κ3) is 3.58.